The van der Waals surface area contributed by atoms with E-state index in [-0.39, 0.29) is 0 Å². The van der Waals surface area contributed by atoms with Crippen molar-refractivity contribution in [2.75, 3.05) is 0 Å². The van der Waals surface area contributed by atoms with Gasteiger partial charge in [-0.15, -0.1) is 0 Å². The Morgan fingerprint density at radius 1 is 0.386 bits per heavy atom. The molecule has 4 aromatic heterocycles. The second-order valence-corrected chi connectivity index (χ2v) is 11.1. The monoisotopic (exact) mass is 562 g/mol. The van der Waals surface area contributed by atoms with Crippen LogP contribution in [0.5, 0.6) is 0 Å². The summed E-state index contributed by atoms with van der Waals surface area (Å²) in [6.07, 6.45) is 7.54. The van der Waals surface area contributed by atoms with E-state index >= 15 is 0 Å². The van der Waals surface area contributed by atoms with Crippen LogP contribution >= 0.6 is 0 Å². The molecule has 5 aromatic carbocycles. The maximum absolute atomic E-state index is 4.48. The lowest BCUT2D eigenvalue weighted by Gasteiger charge is -2.19. The van der Waals surface area contributed by atoms with Crippen molar-refractivity contribution in [1.82, 2.24) is 19.1 Å². The standard InChI is InChI=1S/C40H26N4/c1-4-17-36-32(12-1)33-13-2-5-18-37(33)43(36)29-20-21-39-35(24-29)34-14-3-6-19-38(34)44(39)40-30(27-10-8-22-41-25-27)15-7-16-31(40)28-11-9-23-42-26-28/h1-26H. The molecule has 0 saturated carbocycles. The minimum absolute atomic E-state index is 1.07. The normalized spacial score (nSPS) is 11.6. The summed E-state index contributed by atoms with van der Waals surface area (Å²) in [6.45, 7) is 0. The van der Waals surface area contributed by atoms with E-state index in [0.29, 0.717) is 0 Å². The van der Waals surface area contributed by atoms with Gasteiger partial charge < -0.3 is 9.13 Å². The van der Waals surface area contributed by atoms with Crippen molar-refractivity contribution in [3.05, 3.63) is 158 Å². The topological polar surface area (TPSA) is 35.6 Å². The Balaban J connectivity index is 1.39. The Labute approximate surface area is 254 Å². The first-order valence-electron chi connectivity index (χ1n) is 14.8. The Hall–Kier alpha value is -6.00. The molecule has 0 fully saturated rings. The summed E-state index contributed by atoms with van der Waals surface area (Å²) >= 11 is 0. The number of rotatable bonds is 4. The van der Waals surface area contributed by atoms with Crippen LogP contribution in [0.15, 0.2) is 158 Å². The average Bonchev–Trinajstić information content (AvgIpc) is 3.61. The molecule has 206 valence electrons. The predicted octanol–water partition coefficient (Wildman–Crippen LogP) is 10.0. The van der Waals surface area contributed by atoms with Crippen molar-refractivity contribution in [2.24, 2.45) is 0 Å². The highest BCUT2D eigenvalue weighted by Crippen LogP contribution is 2.42. The zero-order valence-corrected chi connectivity index (χ0v) is 23.8. The molecular formula is C40H26N4. The molecule has 0 amide bonds. The second kappa shape index (κ2) is 9.79. The van der Waals surface area contributed by atoms with Crippen LogP contribution in [0.4, 0.5) is 0 Å². The zero-order chi connectivity index (χ0) is 29.0. The number of hydrogen-bond donors (Lipinski definition) is 0. The lowest BCUT2D eigenvalue weighted by atomic mass is 9.97. The van der Waals surface area contributed by atoms with E-state index in [1.54, 1.807) is 0 Å². The maximum Gasteiger partial charge on any atom is 0.0620 e. The maximum atomic E-state index is 4.48. The average molecular weight is 563 g/mol. The van der Waals surface area contributed by atoms with Gasteiger partial charge in [0, 0.05) is 74.3 Å². The molecule has 0 aliphatic carbocycles. The van der Waals surface area contributed by atoms with Gasteiger partial charge in [-0.25, -0.2) is 0 Å². The zero-order valence-electron chi connectivity index (χ0n) is 23.8. The fourth-order valence-electron chi connectivity index (χ4n) is 6.84. The fourth-order valence-corrected chi connectivity index (χ4v) is 6.84. The molecule has 4 heteroatoms. The van der Waals surface area contributed by atoms with Gasteiger partial charge in [0.2, 0.25) is 0 Å². The first-order chi connectivity index (χ1) is 21.9. The van der Waals surface area contributed by atoms with E-state index in [0.717, 1.165) is 44.7 Å². The Kier molecular flexibility index (Phi) is 5.47. The molecule has 9 aromatic rings. The van der Waals surface area contributed by atoms with Gasteiger partial charge in [0.25, 0.3) is 0 Å². The van der Waals surface area contributed by atoms with Gasteiger partial charge in [-0.3, -0.25) is 9.97 Å². The van der Waals surface area contributed by atoms with Gasteiger partial charge in [0.15, 0.2) is 0 Å². The molecule has 4 heterocycles. The molecule has 0 unspecified atom stereocenters. The summed E-state index contributed by atoms with van der Waals surface area (Å²) in [5.41, 5.74) is 11.4. The second-order valence-electron chi connectivity index (χ2n) is 11.1. The van der Waals surface area contributed by atoms with Gasteiger partial charge in [0.05, 0.1) is 27.8 Å². The van der Waals surface area contributed by atoms with Crippen molar-refractivity contribution < 1.29 is 0 Å². The molecule has 0 aliphatic heterocycles. The molecule has 0 atom stereocenters. The third kappa shape index (κ3) is 3.64. The number of benzene rings is 5. The van der Waals surface area contributed by atoms with Crippen LogP contribution in [-0.4, -0.2) is 19.1 Å². The van der Waals surface area contributed by atoms with Crippen molar-refractivity contribution in [3.63, 3.8) is 0 Å². The van der Waals surface area contributed by atoms with Crippen LogP contribution in [0, 0.1) is 0 Å². The predicted molar refractivity (Wildman–Crippen MR) is 182 cm³/mol. The largest absolute Gasteiger partial charge is 0.309 e. The smallest absolute Gasteiger partial charge is 0.0620 e. The molecule has 0 radical (unpaired) electrons. The summed E-state index contributed by atoms with van der Waals surface area (Å²) in [6, 6.07) is 47.7. The van der Waals surface area contributed by atoms with E-state index in [1.807, 2.05) is 36.9 Å². The van der Waals surface area contributed by atoms with Gasteiger partial charge >= 0.3 is 0 Å². The molecule has 0 N–H and O–H groups in total. The molecule has 0 saturated heterocycles. The number of pyridine rings is 2. The first-order valence-corrected chi connectivity index (χ1v) is 14.8. The highest BCUT2D eigenvalue weighted by Gasteiger charge is 2.21. The third-order valence-corrected chi connectivity index (χ3v) is 8.70. The van der Waals surface area contributed by atoms with Gasteiger partial charge in [-0.1, -0.05) is 84.9 Å². The number of aromatic nitrogens is 4. The lowest BCUT2D eigenvalue weighted by Crippen LogP contribution is -2.01. The van der Waals surface area contributed by atoms with Crippen LogP contribution in [0.25, 0.3) is 77.2 Å². The highest BCUT2D eigenvalue weighted by molar-refractivity contribution is 6.13. The first kappa shape index (κ1) is 24.6. The minimum Gasteiger partial charge on any atom is -0.309 e. The molecule has 44 heavy (non-hydrogen) atoms. The number of para-hydroxylation sites is 4. The van der Waals surface area contributed by atoms with Gasteiger partial charge in [-0.05, 0) is 48.5 Å². The lowest BCUT2D eigenvalue weighted by molar-refractivity contribution is 1.16. The van der Waals surface area contributed by atoms with Gasteiger partial charge in [-0.2, -0.15) is 0 Å². The molecule has 0 aliphatic rings. The number of hydrogen-bond acceptors (Lipinski definition) is 2. The van der Waals surface area contributed by atoms with Crippen LogP contribution < -0.4 is 0 Å². The summed E-state index contributed by atoms with van der Waals surface area (Å²) in [5, 5.41) is 4.94. The van der Waals surface area contributed by atoms with E-state index in [4.69, 9.17) is 0 Å². The minimum atomic E-state index is 1.07. The van der Waals surface area contributed by atoms with E-state index in [9.17, 15) is 0 Å². The summed E-state index contributed by atoms with van der Waals surface area (Å²) in [5.74, 6) is 0. The Morgan fingerprint density at radius 3 is 1.43 bits per heavy atom. The molecular weight excluding hydrogens is 536 g/mol. The van der Waals surface area contributed by atoms with Crippen molar-refractivity contribution >= 4 is 43.6 Å². The SMILES string of the molecule is c1cncc(-c2cccc(-c3cccnc3)c2-n2c3ccccc3c3cc(-n4c5ccccc5c5ccccc54)ccc32)c1. The van der Waals surface area contributed by atoms with Crippen LogP contribution in [0.2, 0.25) is 0 Å². The van der Waals surface area contributed by atoms with E-state index < -0.39 is 0 Å². The van der Waals surface area contributed by atoms with Crippen molar-refractivity contribution in [3.8, 4) is 33.6 Å². The number of nitrogens with zero attached hydrogens (tertiary/aromatic N) is 4. The molecule has 0 bridgehead atoms. The molecule has 0 spiro atoms. The van der Waals surface area contributed by atoms with Gasteiger partial charge in [0.1, 0.15) is 0 Å². The quantitative estimate of drug-likeness (QED) is 0.214. The summed E-state index contributed by atoms with van der Waals surface area (Å²) in [4.78, 5) is 8.95. The number of fused-ring (bicyclic) bond motifs is 6. The van der Waals surface area contributed by atoms with Crippen molar-refractivity contribution in [1.29, 1.82) is 0 Å². The van der Waals surface area contributed by atoms with Crippen molar-refractivity contribution in [2.45, 2.75) is 0 Å². The Morgan fingerprint density at radius 2 is 0.886 bits per heavy atom. The highest BCUT2D eigenvalue weighted by atomic mass is 15.0. The Bertz CT molecular complexity index is 2380. The summed E-state index contributed by atoms with van der Waals surface area (Å²) in [7, 11) is 0. The molecule has 9 rings (SSSR count). The van der Waals surface area contributed by atoms with Crippen LogP contribution in [-0.2, 0) is 0 Å². The fraction of sp³-hybridized carbons (Fsp3) is 0. The van der Waals surface area contributed by atoms with Crippen LogP contribution in [0.1, 0.15) is 0 Å². The van der Waals surface area contributed by atoms with E-state index in [1.165, 1.54) is 32.6 Å². The van der Waals surface area contributed by atoms with E-state index in [2.05, 4.69) is 140 Å². The summed E-state index contributed by atoms with van der Waals surface area (Å²) < 4.78 is 4.81. The van der Waals surface area contributed by atoms with Crippen LogP contribution in [0.3, 0.4) is 0 Å². The molecule has 4 nitrogen and oxygen atoms in total. The third-order valence-electron chi connectivity index (χ3n) is 8.70.